The minimum absolute atomic E-state index is 1.18. The fourth-order valence-electron chi connectivity index (χ4n) is 1.20. The molecule has 0 aromatic carbocycles. The van der Waals surface area contributed by atoms with Crippen LogP contribution in [0.2, 0.25) is 0 Å². The summed E-state index contributed by atoms with van der Waals surface area (Å²) in [6.45, 7) is 2.20. The van der Waals surface area contributed by atoms with E-state index in [1.165, 1.54) is 23.1 Å². The Morgan fingerprint density at radius 3 is 2.50 bits per heavy atom. The van der Waals surface area contributed by atoms with Crippen LogP contribution in [0.5, 0.6) is 0 Å². The maximum atomic E-state index is 2.28. The number of fused-ring (bicyclic) bond motifs is 1. The van der Waals surface area contributed by atoms with Crippen molar-refractivity contribution in [2.45, 2.75) is 13.3 Å². The normalized spacial score (nSPS) is 22.9. The lowest BCUT2D eigenvalue weighted by atomic mass is 9.97. The van der Waals surface area contributed by atoms with Crippen molar-refractivity contribution in [3.05, 3.63) is 34.9 Å². The number of hydrogen-bond acceptors (Lipinski definition) is 0. The highest BCUT2D eigenvalue weighted by Crippen LogP contribution is 2.34. The number of hydrogen-bond donors (Lipinski definition) is 0. The topological polar surface area (TPSA) is 0 Å². The molecule has 40 valence electrons. The van der Waals surface area contributed by atoms with Gasteiger partial charge in [0.15, 0.2) is 0 Å². The summed E-state index contributed by atoms with van der Waals surface area (Å²) in [5, 5.41) is 0. The molecule has 0 heterocycles. The first-order valence-corrected chi connectivity index (χ1v) is 2.96. The predicted molar refractivity (Wildman–Crippen MR) is 34.5 cm³/mol. The van der Waals surface area contributed by atoms with Crippen LogP contribution in [0.25, 0.3) is 0 Å². The maximum Gasteiger partial charge on any atom is -0.0123 e. The van der Waals surface area contributed by atoms with E-state index < -0.39 is 0 Å². The molecule has 2 aliphatic rings. The summed E-state index contributed by atoms with van der Waals surface area (Å²) >= 11 is 0. The molecule has 2 aliphatic carbocycles. The maximum absolute atomic E-state index is 2.28. The number of rotatable bonds is 0. The molecule has 0 bridgehead atoms. The largest absolute Gasteiger partial charge is 0.0726 e. The van der Waals surface area contributed by atoms with E-state index in [2.05, 4.69) is 25.2 Å². The Morgan fingerprint density at radius 1 is 1.38 bits per heavy atom. The molecule has 0 nitrogen and oxygen atoms in total. The first kappa shape index (κ1) is 4.13. The molecule has 0 aliphatic heterocycles. The zero-order valence-electron chi connectivity index (χ0n) is 4.94. The van der Waals surface area contributed by atoms with E-state index in [0.29, 0.717) is 0 Å². The van der Waals surface area contributed by atoms with Gasteiger partial charge in [-0.05, 0) is 24.5 Å². The molecule has 8 heavy (non-hydrogen) atoms. The SMILES string of the molecule is CC1=C2C=CC2=CC1. The molecule has 0 N–H and O–H groups in total. The molecule has 0 aromatic heterocycles. The summed E-state index contributed by atoms with van der Waals surface area (Å²) in [4.78, 5) is 0. The van der Waals surface area contributed by atoms with E-state index in [9.17, 15) is 0 Å². The van der Waals surface area contributed by atoms with Gasteiger partial charge in [-0.1, -0.05) is 23.8 Å². The molecule has 0 saturated heterocycles. The van der Waals surface area contributed by atoms with Crippen LogP contribution >= 0.6 is 0 Å². The minimum Gasteiger partial charge on any atom is -0.0726 e. The van der Waals surface area contributed by atoms with E-state index in [1.807, 2.05) is 0 Å². The smallest absolute Gasteiger partial charge is 0.0123 e. The second-order valence-corrected chi connectivity index (χ2v) is 2.39. The standard InChI is InChI=1S/C8H8/c1-6-2-3-7-4-5-8(6)7/h3-5H,2H2,1H3. The zero-order valence-corrected chi connectivity index (χ0v) is 4.94. The zero-order chi connectivity index (χ0) is 5.56. The first-order chi connectivity index (χ1) is 3.88. The van der Waals surface area contributed by atoms with Crippen molar-refractivity contribution in [3.8, 4) is 0 Å². The Labute approximate surface area is 49.2 Å². The molecule has 0 spiro atoms. The number of allylic oxidation sites excluding steroid dienone is 6. The molecule has 0 atom stereocenters. The first-order valence-electron chi connectivity index (χ1n) is 2.96. The van der Waals surface area contributed by atoms with Gasteiger partial charge in [-0.3, -0.25) is 0 Å². The Kier molecular flexibility index (Phi) is 0.587. The molecule has 0 amide bonds. The molecule has 0 unspecified atom stereocenters. The summed E-state index contributed by atoms with van der Waals surface area (Å²) in [5.74, 6) is 0. The van der Waals surface area contributed by atoms with Crippen molar-refractivity contribution >= 4 is 0 Å². The molecule has 0 aromatic rings. The highest BCUT2D eigenvalue weighted by molar-refractivity contribution is 5.62. The highest BCUT2D eigenvalue weighted by atomic mass is 14.2. The Hall–Kier alpha value is -0.780. The highest BCUT2D eigenvalue weighted by Gasteiger charge is 2.15. The van der Waals surface area contributed by atoms with Crippen LogP contribution in [0.15, 0.2) is 34.9 Å². The van der Waals surface area contributed by atoms with Gasteiger partial charge >= 0.3 is 0 Å². The summed E-state index contributed by atoms with van der Waals surface area (Å²) in [6.07, 6.45) is 7.82. The minimum atomic E-state index is 1.18. The van der Waals surface area contributed by atoms with E-state index >= 15 is 0 Å². The summed E-state index contributed by atoms with van der Waals surface area (Å²) < 4.78 is 0. The van der Waals surface area contributed by atoms with E-state index in [4.69, 9.17) is 0 Å². The van der Waals surface area contributed by atoms with Crippen LogP contribution in [-0.2, 0) is 0 Å². The quantitative estimate of drug-likeness (QED) is 0.442. The lowest BCUT2D eigenvalue weighted by Crippen LogP contribution is -1.89. The average molecular weight is 104 g/mol. The van der Waals surface area contributed by atoms with Crippen LogP contribution < -0.4 is 0 Å². The van der Waals surface area contributed by atoms with Crippen LogP contribution in [0.1, 0.15) is 13.3 Å². The van der Waals surface area contributed by atoms with E-state index in [1.54, 1.807) is 0 Å². The third-order valence-corrected chi connectivity index (χ3v) is 1.83. The van der Waals surface area contributed by atoms with Gasteiger partial charge < -0.3 is 0 Å². The molecule has 0 fully saturated rings. The van der Waals surface area contributed by atoms with Crippen molar-refractivity contribution in [1.29, 1.82) is 0 Å². The second kappa shape index (κ2) is 1.13. The third-order valence-electron chi connectivity index (χ3n) is 1.83. The molecule has 0 heteroatoms. The van der Waals surface area contributed by atoms with Crippen LogP contribution in [0.4, 0.5) is 0 Å². The van der Waals surface area contributed by atoms with Gasteiger partial charge in [0, 0.05) is 0 Å². The Balaban J connectivity index is 2.58. The van der Waals surface area contributed by atoms with Gasteiger partial charge in [0.25, 0.3) is 0 Å². The third kappa shape index (κ3) is 0.313. The lowest BCUT2D eigenvalue weighted by molar-refractivity contribution is 1.23. The molecular weight excluding hydrogens is 96.1 g/mol. The van der Waals surface area contributed by atoms with E-state index in [0.717, 1.165) is 0 Å². The summed E-state index contributed by atoms with van der Waals surface area (Å²) in [5.41, 5.74) is 4.48. The van der Waals surface area contributed by atoms with Gasteiger partial charge in [-0.2, -0.15) is 0 Å². The van der Waals surface area contributed by atoms with E-state index in [-0.39, 0.29) is 0 Å². The van der Waals surface area contributed by atoms with Crippen molar-refractivity contribution in [2.24, 2.45) is 0 Å². The van der Waals surface area contributed by atoms with Gasteiger partial charge in [0.1, 0.15) is 0 Å². The van der Waals surface area contributed by atoms with Crippen LogP contribution in [0, 0.1) is 0 Å². The predicted octanol–water partition coefficient (Wildman–Crippen LogP) is 2.20. The van der Waals surface area contributed by atoms with Gasteiger partial charge in [0.2, 0.25) is 0 Å². The van der Waals surface area contributed by atoms with Crippen molar-refractivity contribution in [1.82, 2.24) is 0 Å². The van der Waals surface area contributed by atoms with Crippen molar-refractivity contribution < 1.29 is 0 Å². The van der Waals surface area contributed by atoms with Gasteiger partial charge in [-0.25, -0.2) is 0 Å². The monoisotopic (exact) mass is 104 g/mol. The van der Waals surface area contributed by atoms with Gasteiger partial charge in [0.05, 0.1) is 0 Å². The second-order valence-electron chi connectivity index (χ2n) is 2.39. The molecule has 0 radical (unpaired) electrons. The average Bonchev–Trinajstić information content (AvgIpc) is 1.80. The van der Waals surface area contributed by atoms with Crippen LogP contribution in [-0.4, -0.2) is 0 Å². The Bertz CT molecular complexity index is 214. The fraction of sp³-hybridized carbons (Fsp3) is 0.250. The van der Waals surface area contributed by atoms with Crippen LogP contribution in [0.3, 0.4) is 0 Å². The fourth-order valence-corrected chi connectivity index (χ4v) is 1.20. The molecular formula is C8H8. The molecule has 0 saturated carbocycles. The Morgan fingerprint density at radius 2 is 2.25 bits per heavy atom. The lowest BCUT2D eigenvalue weighted by Gasteiger charge is -2.08. The molecule has 2 rings (SSSR count). The summed E-state index contributed by atoms with van der Waals surface area (Å²) in [7, 11) is 0. The van der Waals surface area contributed by atoms with Gasteiger partial charge in [-0.15, -0.1) is 0 Å². The van der Waals surface area contributed by atoms with Crippen molar-refractivity contribution in [2.75, 3.05) is 0 Å². The summed E-state index contributed by atoms with van der Waals surface area (Å²) in [6, 6.07) is 0. The van der Waals surface area contributed by atoms with Crippen molar-refractivity contribution in [3.63, 3.8) is 0 Å².